The van der Waals surface area contributed by atoms with Crippen LogP contribution in [0.3, 0.4) is 0 Å². The molecule has 2 aliphatic rings. The molecule has 4 nitrogen and oxygen atoms in total. The summed E-state index contributed by atoms with van der Waals surface area (Å²) < 4.78 is 0. The summed E-state index contributed by atoms with van der Waals surface area (Å²) in [6, 6.07) is 0.985. The van der Waals surface area contributed by atoms with Crippen molar-refractivity contribution in [2.75, 3.05) is 33.7 Å². The number of likely N-dealkylation sites (N-methyl/N-ethyl adjacent to an activating group) is 2. The van der Waals surface area contributed by atoms with Crippen LogP contribution in [0.25, 0.3) is 0 Å². The van der Waals surface area contributed by atoms with Crippen LogP contribution in [0.1, 0.15) is 51.4 Å². The Bertz CT molecular complexity index is 265. The zero-order valence-corrected chi connectivity index (χ0v) is 13.5. The van der Waals surface area contributed by atoms with Crippen molar-refractivity contribution in [2.24, 2.45) is 11.8 Å². The molecular weight excluding hydrogens is 248 g/mol. The van der Waals surface area contributed by atoms with Gasteiger partial charge in [0.2, 0.25) is 0 Å². The van der Waals surface area contributed by atoms with E-state index in [1.165, 1.54) is 64.5 Å². The SMILES string of the molecule is CN1CCCN(C)C(C(CCC2CCCCC2)NN)C1. The van der Waals surface area contributed by atoms with Gasteiger partial charge in [-0.05, 0) is 52.4 Å². The number of nitrogens with one attached hydrogen (secondary N) is 1. The summed E-state index contributed by atoms with van der Waals surface area (Å²) in [6.07, 6.45) is 11.1. The van der Waals surface area contributed by atoms with E-state index < -0.39 is 0 Å². The van der Waals surface area contributed by atoms with Gasteiger partial charge in [0.25, 0.3) is 0 Å². The zero-order valence-electron chi connectivity index (χ0n) is 13.5. The average Bonchev–Trinajstić information content (AvgIpc) is 2.63. The Balaban J connectivity index is 1.84. The first-order valence-electron chi connectivity index (χ1n) is 8.55. The van der Waals surface area contributed by atoms with Crippen molar-refractivity contribution in [3.05, 3.63) is 0 Å². The van der Waals surface area contributed by atoms with Crippen LogP contribution in [0.5, 0.6) is 0 Å². The lowest BCUT2D eigenvalue weighted by Gasteiger charge is -2.35. The molecule has 4 heteroatoms. The molecule has 1 saturated carbocycles. The molecule has 1 saturated heterocycles. The lowest BCUT2D eigenvalue weighted by Crippen LogP contribution is -2.54. The minimum atomic E-state index is 0.433. The van der Waals surface area contributed by atoms with Crippen molar-refractivity contribution in [1.29, 1.82) is 0 Å². The topological polar surface area (TPSA) is 44.5 Å². The smallest absolute Gasteiger partial charge is 0.0386 e. The van der Waals surface area contributed by atoms with Gasteiger partial charge < -0.3 is 9.80 Å². The molecule has 0 aromatic heterocycles. The van der Waals surface area contributed by atoms with Crippen LogP contribution in [0.15, 0.2) is 0 Å². The van der Waals surface area contributed by atoms with E-state index in [2.05, 4.69) is 29.3 Å². The maximum absolute atomic E-state index is 5.88. The minimum Gasteiger partial charge on any atom is -0.305 e. The van der Waals surface area contributed by atoms with Gasteiger partial charge in [0, 0.05) is 18.6 Å². The van der Waals surface area contributed by atoms with Crippen molar-refractivity contribution < 1.29 is 0 Å². The van der Waals surface area contributed by atoms with Crippen LogP contribution >= 0.6 is 0 Å². The van der Waals surface area contributed by atoms with Crippen LogP contribution in [-0.2, 0) is 0 Å². The Morgan fingerprint density at radius 2 is 1.85 bits per heavy atom. The molecule has 118 valence electrons. The van der Waals surface area contributed by atoms with E-state index in [0.29, 0.717) is 12.1 Å². The lowest BCUT2D eigenvalue weighted by atomic mass is 9.84. The molecule has 2 atom stereocenters. The Hall–Kier alpha value is -0.160. The van der Waals surface area contributed by atoms with Crippen LogP contribution in [0.2, 0.25) is 0 Å². The highest BCUT2D eigenvalue weighted by molar-refractivity contribution is 4.87. The second kappa shape index (κ2) is 8.32. The fourth-order valence-electron chi connectivity index (χ4n) is 4.02. The van der Waals surface area contributed by atoms with Gasteiger partial charge in [0.15, 0.2) is 0 Å². The Kier molecular flexibility index (Phi) is 6.75. The Morgan fingerprint density at radius 3 is 2.55 bits per heavy atom. The quantitative estimate of drug-likeness (QED) is 0.596. The van der Waals surface area contributed by atoms with Gasteiger partial charge in [-0.1, -0.05) is 32.1 Å². The highest BCUT2D eigenvalue weighted by Crippen LogP contribution is 2.28. The van der Waals surface area contributed by atoms with Gasteiger partial charge in [-0.2, -0.15) is 0 Å². The molecule has 0 aromatic rings. The van der Waals surface area contributed by atoms with Gasteiger partial charge in [-0.3, -0.25) is 11.3 Å². The predicted molar refractivity (Wildman–Crippen MR) is 85.5 cm³/mol. The Labute approximate surface area is 125 Å². The molecule has 20 heavy (non-hydrogen) atoms. The van der Waals surface area contributed by atoms with E-state index in [-0.39, 0.29) is 0 Å². The molecule has 1 aliphatic carbocycles. The van der Waals surface area contributed by atoms with E-state index >= 15 is 0 Å². The van der Waals surface area contributed by atoms with Crippen LogP contribution in [0.4, 0.5) is 0 Å². The number of rotatable bonds is 5. The molecular formula is C16H34N4. The van der Waals surface area contributed by atoms with Crippen LogP contribution in [-0.4, -0.2) is 55.6 Å². The summed E-state index contributed by atoms with van der Waals surface area (Å²) in [6.45, 7) is 3.54. The van der Waals surface area contributed by atoms with Gasteiger partial charge in [0.05, 0.1) is 0 Å². The summed E-state index contributed by atoms with van der Waals surface area (Å²) in [7, 11) is 4.50. The Morgan fingerprint density at radius 1 is 1.10 bits per heavy atom. The first-order chi connectivity index (χ1) is 9.70. The monoisotopic (exact) mass is 282 g/mol. The molecule has 0 amide bonds. The molecule has 2 fully saturated rings. The summed E-state index contributed by atoms with van der Waals surface area (Å²) in [5.41, 5.74) is 3.12. The molecule has 0 spiro atoms. The number of nitrogens with zero attached hydrogens (tertiary/aromatic N) is 2. The molecule has 0 radical (unpaired) electrons. The van der Waals surface area contributed by atoms with Crippen molar-refractivity contribution in [1.82, 2.24) is 15.2 Å². The first kappa shape index (κ1) is 16.2. The van der Waals surface area contributed by atoms with E-state index in [9.17, 15) is 0 Å². The highest BCUT2D eigenvalue weighted by Gasteiger charge is 2.28. The number of hydrogen-bond donors (Lipinski definition) is 2. The van der Waals surface area contributed by atoms with Gasteiger partial charge in [-0.25, -0.2) is 0 Å². The molecule has 1 aliphatic heterocycles. The van der Waals surface area contributed by atoms with Crippen molar-refractivity contribution >= 4 is 0 Å². The van der Waals surface area contributed by atoms with Crippen molar-refractivity contribution in [3.8, 4) is 0 Å². The van der Waals surface area contributed by atoms with E-state index in [1.54, 1.807) is 0 Å². The third kappa shape index (κ3) is 4.69. The molecule has 0 aromatic carbocycles. The van der Waals surface area contributed by atoms with Gasteiger partial charge >= 0.3 is 0 Å². The second-order valence-corrected chi connectivity index (χ2v) is 7.02. The summed E-state index contributed by atoms with van der Waals surface area (Å²) >= 11 is 0. The summed E-state index contributed by atoms with van der Waals surface area (Å²) in [5, 5.41) is 0. The van der Waals surface area contributed by atoms with E-state index in [4.69, 9.17) is 5.84 Å². The largest absolute Gasteiger partial charge is 0.305 e. The highest BCUT2D eigenvalue weighted by atomic mass is 15.3. The van der Waals surface area contributed by atoms with E-state index in [1.807, 2.05) is 0 Å². The average molecular weight is 282 g/mol. The normalized spacial score (nSPS) is 29.2. The van der Waals surface area contributed by atoms with E-state index in [0.717, 1.165) is 12.5 Å². The predicted octanol–water partition coefficient (Wildman–Crippen LogP) is 1.81. The lowest BCUT2D eigenvalue weighted by molar-refractivity contribution is 0.165. The molecule has 2 rings (SSSR count). The zero-order chi connectivity index (χ0) is 14.4. The summed E-state index contributed by atoms with van der Waals surface area (Å²) in [5.74, 6) is 6.83. The van der Waals surface area contributed by atoms with Crippen molar-refractivity contribution in [2.45, 2.75) is 63.5 Å². The fourth-order valence-corrected chi connectivity index (χ4v) is 4.02. The molecule has 2 unspecified atom stereocenters. The van der Waals surface area contributed by atoms with Crippen LogP contribution < -0.4 is 11.3 Å². The maximum atomic E-state index is 5.88. The third-order valence-corrected chi connectivity index (χ3v) is 5.40. The van der Waals surface area contributed by atoms with Gasteiger partial charge in [-0.15, -0.1) is 0 Å². The van der Waals surface area contributed by atoms with Crippen molar-refractivity contribution in [3.63, 3.8) is 0 Å². The number of nitrogens with two attached hydrogens (primary N) is 1. The molecule has 1 heterocycles. The third-order valence-electron chi connectivity index (χ3n) is 5.40. The molecule has 0 bridgehead atoms. The summed E-state index contributed by atoms with van der Waals surface area (Å²) in [4.78, 5) is 4.97. The number of hydrazine groups is 1. The molecule has 3 N–H and O–H groups in total. The fraction of sp³-hybridized carbons (Fsp3) is 1.00. The number of hydrogen-bond acceptors (Lipinski definition) is 4. The standard InChI is InChI=1S/C16H34N4/c1-19-11-6-12-20(2)16(13-19)15(18-17)10-9-14-7-4-3-5-8-14/h14-16,18H,3-13,17H2,1-2H3. The maximum Gasteiger partial charge on any atom is 0.0386 e. The second-order valence-electron chi connectivity index (χ2n) is 7.02. The van der Waals surface area contributed by atoms with Crippen LogP contribution in [0, 0.1) is 5.92 Å². The van der Waals surface area contributed by atoms with Gasteiger partial charge in [0.1, 0.15) is 0 Å². The minimum absolute atomic E-state index is 0.433. The first-order valence-corrected chi connectivity index (χ1v) is 8.55.